The van der Waals surface area contributed by atoms with Crippen LogP contribution >= 0.6 is 0 Å². The monoisotopic (exact) mass is 420 g/mol. The van der Waals surface area contributed by atoms with Crippen LogP contribution in [-0.4, -0.2) is 33.0 Å². The Morgan fingerprint density at radius 3 is 2.81 bits per heavy atom. The maximum atomic E-state index is 13.9. The van der Waals surface area contributed by atoms with E-state index in [0.717, 1.165) is 18.4 Å². The van der Waals surface area contributed by atoms with Crippen LogP contribution in [0.1, 0.15) is 24.2 Å². The lowest BCUT2D eigenvalue weighted by molar-refractivity contribution is 0.108. The quantitative estimate of drug-likeness (QED) is 0.494. The lowest BCUT2D eigenvalue weighted by Crippen LogP contribution is -2.07. The maximum Gasteiger partial charge on any atom is 0.228 e. The van der Waals surface area contributed by atoms with Gasteiger partial charge in [-0.2, -0.15) is 10.1 Å². The third kappa shape index (κ3) is 4.20. The van der Waals surface area contributed by atoms with Crippen molar-refractivity contribution < 1.29 is 18.6 Å². The molecule has 0 amide bonds. The molecule has 0 unspecified atom stereocenters. The molecule has 0 atom stereocenters. The van der Waals surface area contributed by atoms with E-state index in [4.69, 9.17) is 14.2 Å². The molecule has 0 aliphatic carbocycles. The van der Waals surface area contributed by atoms with Gasteiger partial charge in [0.05, 0.1) is 12.8 Å². The van der Waals surface area contributed by atoms with E-state index in [1.54, 1.807) is 16.9 Å². The van der Waals surface area contributed by atoms with Crippen LogP contribution in [0.2, 0.25) is 0 Å². The summed E-state index contributed by atoms with van der Waals surface area (Å²) in [6.45, 7) is 1.64. The predicted octanol–water partition coefficient (Wildman–Crippen LogP) is 4.22. The van der Waals surface area contributed by atoms with Crippen LogP contribution in [0.4, 0.5) is 4.39 Å². The minimum absolute atomic E-state index is 0.264. The van der Waals surface area contributed by atoms with Crippen LogP contribution in [0.25, 0.3) is 16.7 Å². The smallest absolute Gasteiger partial charge is 0.228 e. The van der Waals surface area contributed by atoms with Gasteiger partial charge >= 0.3 is 0 Å². The number of halogens is 1. The zero-order valence-corrected chi connectivity index (χ0v) is 16.8. The van der Waals surface area contributed by atoms with Gasteiger partial charge in [-0.15, -0.1) is 0 Å². The molecule has 158 valence electrons. The van der Waals surface area contributed by atoms with Crippen molar-refractivity contribution in [3.05, 3.63) is 71.9 Å². The van der Waals surface area contributed by atoms with Crippen molar-refractivity contribution in [1.29, 1.82) is 0 Å². The molecule has 7 nitrogen and oxygen atoms in total. The first-order chi connectivity index (χ1) is 15.3. The summed E-state index contributed by atoms with van der Waals surface area (Å²) in [6.07, 6.45) is 3.25. The Labute approximate surface area is 178 Å². The SMILES string of the molecule is Fc1ccc2c(c1)OCCCCOCc1nc(OCc3ccccc3)c3cnn-2c3n1. The first-order valence-corrected chi connectivity index (χ1v) is 10.2. The van der Waals surface area contributed by atoms with Crippen molar-refractivity contribution in [2.24, 2.45) is 0 Å². The molecule has 0 saturated carbocycles. The molecule has 0 radical (unpaired) electrons. The molecule has 5 rings (SSSR count). The molecule has 4 aromatic rings. The van der Waals surface area contributed by atoms with E-state index in [-0.39, 0.29) is 12.4 Å². The van der Waals surface area contributed by atoms with Crippen molar-refractivity contribution in [1.82, 2.24) is 19.7 Å². The highest BCUT2D eigenvalue weighted by molar-refractivity contribution is 5.82. The molecule has 0 saturated heterocycles. The van der Waals surface area contributed by atoms with Crippen molar-refractivity contribution in [2.45, 2.75) is 26.1 Å². The lowest BCUT2D eigenvalue weighted by Gasteiger charge is -2.12. The van der Waals surface area contributed by atoms with Gasteiger partial charge in [-0.1, -0.05) is 30.3 Å². The first-order valence-electron chi connectivity index (χ1n) is 10.2. The topological polar surface area (TPSA) is 71.3 Å². The number of fused-ring (bicyclic) bond motifs is 3. The average Bonchev–Trinajstić information content (AvgIpc) is 3.21. The Hall–Kier alpha value is -3.52. The predicted molar refractivity (Wildman–Crippen MR) is 112 cm³/mol. The lowest BCUT2D eigenvalue weighted by atomic mass is 10.2. The number of aromatic nitrogens is 4. The molecule has 0 N–H and O–H groups in total. The van der Waals surface area contributed by atoms with Gasteiger partial charge in [0.15, 0.2) is 11.5 Å². The molecule has 2 aromatic carbocycles. The molecular formula is C23H21FN4O3. The summed E-state index contributed by atoms with van der Waals surface area (Å²) in [7, 11) is 0. The highest BCUT2D eigenvalue weighted by Crippen LogP contribution is 2.30. The van der Waals surface area contributed by atoms with Gasteiger partial charge in [0.1, 0.15) is 35.9 Å². The van der Waals surface area contributed by atoms with Gasteiger partial charge < -0.3 is 14.2 Å². The zero-order valence-electron chi connectivity index (χ0n) is 16.8. The second kappa shape index (κ2) is 8.69. The van der Waals surface area contributed by atoms with E-state index in [0.29, 0.717) is 54.0 Å². The molecule has 31 heavy (non-hydrogen) atoms. The molecule has 8 heteroatoms. The summed E-state index contributed by atoms with van der Waals surface area (Å²) >= 11 is 0. The Balaban J connectivity index is 1.60. The summed E-state index contributed by atoms with van der Waals surface area (Å²) in [5.74, 6) is 0.974. The van der Waals surface area contributed by atoms with Crippen LogP contribution in [0.15, 0.2) is 54.7 Å². The molecule has 0 fully saturated rings. The Kier molecular flexibility index (Phi) is 5.45. The second-order valence-electron chi connectivity index (χ2n) is 7.23. The highest BCUT2D eigenvalue weighted by Gasteiger charge is 2.19. The number of benzene rings is 2. The third-order valence-corrected chi connectivity index (χ3v) is 4.98. The molecule has 1 aliphatic rings. The number of hydrogen-bond acceptors (Lipinski definition) is 6. The second-order valence-corrected chi connectivity index (χ2v) is 7.23. The van der Waals surface area contributed by atoms with E-state index in [1.807, 2.05) is 30.3 Å². The van der Waals surface area contributed by atoms with Crippen LogP contribution in [0.3, 0.4) is 0 Å². The normalized spacial score (nSPS) is 14.2. The maximum absolute atomic E-state index is 13.9. The van der Waals surface area contributed by atoms with Gasteiger partial charge in [0, 0.05) is 12.7 Å². The standard InChI is InChI=1S/C23H21FN4O3/c24-17-8-9-19-20(12-17)30-11-5-4-10-29-15-21-26-22-18(13-25-28(19)22)23(27-21)31-14-16-6-2-1-3-7-16/h1-3,6-9,12-13H,4-5,10-11,14-15H2. The molecular weight excluding hydrogens is 399 g/mol. The minimum Gasteiger partial charge on any atom is -0.491 e. The number of hydrogen-bond donors (Lipinski definition) is 0. The summed E-state index contributed by atoms with van der Waals surface area (Å²) in [5, 5.41) is 5.14. The minimum atomic E-state index is -0.370. The van der Waals surface area contributed by atoms with Crippen LogP contribution in [0, 0.1) is 5.82 Å². The molecule has 0 spiro atoms. The Morgan fingerprint density at radius 2 is 1.90 bits per heavy atom. The van der Waals surface area contributed by atoms with E-state index in [2.05, 4.69) is 15.1 Å². The summed E-state index contributed by atoms with van der Waals surface area (Å²) in [5.41, 5.74) is 2.18. The number of ether oxygens (including phenoxy) is 3. The summed E-state index contributed by atoms with van der Waals surface area (Å²) in [6, 6.07) is 14.2. The molecule has 3 heterocycles. The van der Waals surface area contributed by atoms with Gasteiger partial charge in [0.2, 0.25) is 5.88 Å². The van der Waals surface area contributed by atoms with Gasteiger partial charge in [-0.25, -0.2) is 14.1 Å². The number of nitrogens with zero attached hydrogens (tertiary/aromatic N) is 4. The third-order valence-electron chi connectivity index (χ3n) is 4.98. The summed E-state index contributed by atoms with van der Waals surface area (Å²) < 4.78 is 33.2. The molecule has 1 aliphatic heterocycles. The van der Waals surface area contributed by atoms with Gasteiger partial charge in [-0.3, -0.25) is 0 Å². The zero-order chi connectivity index (χ0) is 21.0. The van der Waals surface area contributed by atoms with E-state index in [9.17, 15) is 4.39 Å². The summed E-state index contributed by atoms with van der Waals surface area (Å²) in [4.78, 5) is 9.22. The fourth-order valence-electron chi connectivity index (χ4n) is 3.43. The largest absolute Gasteiger partial charge is 0.491 e. The average molecular weight is 420 g/mol. The van der Waals surface area contributed by atoms with E-state index < -0.39 is 0 Å². The molecule has 2 aromatic heterocycles. The first kappa shape index (κ1) is 19.4. The van der Waals surface area contributed by atoms with Crippen molar-refractivity contribution in [3.8, 4) is 17.3 Å². The van der Waals surface area contributed by atoms with Crippen LogP contribution < -0.4 is 9.47 Å². The van der Waals surface area contributed by atoms with E-state index in [1.165, 1.54) is 12.1 Å². The fourth-order valence-corrected chi connectivity index (χ4v) is 3.43. The van der Waals surface area contributed by atoms with Crippen molar-refractivity contribution >= 4 is 11.0 Å². The van der Waals surface area contributed by atoms with Gasteiger partial charge in [-0.05, 0) is 30.5 Å². The van der Waals surface area contributed by atoms with Crippen LogP contribution in [0.5, 0.6) is 11.6 Å². The van der Waals surface area contributed by atoms with Crippen LogP contribution in [-0.2, 0) is 18.0 Å². The fraction of sp³-hybridized carbons (Fsp3) is 0.261. The van der Waals surface area contributed by atoms with E-state index >= 15 is 0 Å². The van der Waals surface area contributed by atoms with Gasteiger partial charge in [0.25, 0.3) is 0 Å². The number of rotatable bonds is 3. The highest BCUT2D eigenvalue weighted by atomic mass is 19.1. The Morgan fingerprint density at radius 1 is 1.03 bits per heavy atom. The van der Waals surface area contributed by atoms with Crippen molar-refractivity contribution in [3.63, 3.8) is 0 Å². The molecule has 2 bridgehead atoms. The van der Waals surface area contributed by atoms with Crippen molar-refractivity contribution in [2.75, 3.05) is 13.2 Å². The Bertz CT molecular complexity index is 1200.